The highest BCUT2D eigenvalue weighted by Gasteiger charge is 2.22. The highest BCUT2D eigenvalue weighted by molar-refractivity contribution is 7.92. The summed E-state index contributed by atoms with van der Waals surface area (Å²) in [7, 11) is -2.50. The van der Waals surface area contributed by atoms with Crippen molar-refractivity contribution in [3.8, 4) is 11.5 Å². The number of methoxy groups -OCH3 is 1. The van der Waals surface area contributed by atoms with Gasteiger partial charge in [0.25, 0.3) is 10.0 Å². The van der Waals surface area contributed by atoms with Gasteiger partial charge in [0.2, 0.25) is 0 Å². The van der Waals surface area contributed by atoms with Gasteiger partial charge in [-0.15, -0.1) is 0 Å². The Kier molecular flexibility index (Phi) is 6.34. The second-order valence-corrected chi connectivity index (χ2v) is 8.20. The monoisotopic (exact) mass is 437 g/mol. The molecule has 0 aliphatic rings. The van der Waals surface area contributed by atoms with Crippen molar-refractivity contribution in [2.24, 2.45) is 0 Å². The van der Waals surface area contributed by atoms with E-state index in [0.29, 0.717) is 23.8 Å². The minimum atomic E-state index is -3.92. The molecule has 28 heavy (non-hydrogen) atoms. The van der Waals surface area contributed by atoms with E-state index < -0.39 is 10.0 Å². The number of halogens is 2. The Morgan fingerprint density at radius 2 is 1.57 bits per heavy atom. The van der Waals surface area contributed by atoms with E-state index in [0.717, 1.165) is 5.56 Å². The summed E-state index contributed by atoms with van der Waals surface area (Å²) in [6.07, 6.45) is 0. The maximum Gasteiger partial charge on any atom is 0.263 e. The van der Waals surface area contributed by atoms with Gasteiger partial charge >= 0.3 is 0 Å². The van der Waals surface area contributed by atoms with Crippen LogP contribution in [0.2, 0.25) is 10.0 Å². The van der Waals surface area contributed by atoms with E-state index in [2.05, 4.69) is 4.72 Å². The van der Waals surface area contributed by atoms with E-state index >= 15 is 0 Å². The van der Waals surface area contributed by atoms with Gasteiger partial charge in [-0.1, -0.05) is 53.5 Å². The lowest BCUT2D eigenvalue weighted by Crippen LogP contribution is -2.13. The van der Waals surface area contributed by atoms with Crippen molar-refractivity contribution in [2.75, 3.05) is 11.8 Å². The van der Waals surface area contributed by atoms with Crippen LogP contribution < -0.4 is 14.2 Å². The van der Waals surface area contributed by atoms with Crippen molar-refractivity contribution in [2.45, 2.75) is 11.5 Å². The molecule has 0 saturated carbocycles. The summed E-state index contributed by atoms with van der Waals surface area (Å²) in [5.74, 6) is 0.919. The van der Waals surface area contributed by atoms with Gasteiger partial charge in [0.15, 0.2) is 0 Å². The zero-order valence-corrected chi connectivity index (χ0v) is 17.2. The molecule has 0 aliphatic carbocycles. The van der Waals surface area contributed by atoms with Gasteiger partial charge in [-0.2, -0.15) is 0 Å². The van der Waals surface area contributed by atoms with Crippen LogP contribution in [0.4, 0.5) is 5.69 Å². The molecule has 0 radical (unpaired) electrons. The number of ether oxygens (including phenoxy) is 2. The quantitative estimate of drug-likeness (QED) is 0.538. The summed E-state index contributed by atoms with van der Waals surface area (Å²) in [5.41, 5.74) is 1.41. The normalized spacial score (nSPS) is 11.1. The highest BCUT2D eigenvalue weighted by atomic mass is 35.5. The molecule has 0 amide bonds. The lowest BCUT2D eigenvalue weighted by atomic mass is 10.2. The lowest BCUT2D eigenvalue weighted by molar-refractivity contribution is 0.306. The van der Waals surface area contributed by atoms with E-state index in [1.807, 2.05) is 30.3 Å². The summed E-state index contributed by atoms with van der Waals surface area (Å²) in [4.78, 5) is -0.135. The largest absolute Gasteiger partial charge is 0.495 e. The van der Waals surface area contributed by atoms with Crippen LogP contribution >= 0.6 is 23.2 Å². The Balaban J connectivity index is 1.72. The van der Waals surface area contributed by atoms with Gasteiger partial charge < -0.3 is 9.47 Å². The zero-order valence-electron chi connectivity index (χ0n) is 14.9. The lowest BCUT2D eigenvalue weighted by Gasteiger charge is -2.13. The first-order valence-corrected chi connectivity index (χ1v) is 10.5. The molecule has 0 aromatic heterocycles. The van der Waals surface area contributed by atoms with Crippen LogP contribution in [0.25, 0.3) is 0 Å². The Morgan fingerprint density at radius 1 is 0.893 bits per heavy atom. The van der Waals surface area contributed by atoms with Crippen molar-refractivity contribution in [1.29, 1.82) is 0 Å². The first-order valence-electron chi connectivity index (χ1n) is 8.22. The second kappa shape index (κ2) is 8.73. The maximum atomic E-state index is 12.6. The van der Waals surface area contributed by atoms with Gasteiger partial charge in [-0.3, -0.25) is 4.72 Å². The van der Waals surface area contributed by atoms with E-state index in [4.69, 9.17) is 32.7 Å². The third-order valence-corrected chi connectivity index (χ3v) is 6.28. The topological polar surface area (TPSA) is 64.6 Å². The van der Waals surface area contributed by atoms with Crippen LogP contribution in [0.1, 0.15) is 5.56 Å². The molecular weight excluding hydrogens is 421 g/mol. The molecule has 1 N–H and O–H groups in total. The minimum absolute atomic E-state index is 0.0386. The summed E-state index contributed by atoms with van der Waals surface area (Å²) in [6, 6.07) is 19.1. The number of rotatable bonds is 7. The fraction of sp³-hybridized carbons (Fsp3) is 0.100. The summed E-state index contributed by atoms with van der Waals surface area (Å²) < 4.78 is 38.5. The van der Waals surface area contributed by atoms with Gasteiger partial charge in [-0.05, 0) is 42.0 Å². The predicted octanol–water partition coefficient (Wildman–Crippen LogP) is 5.38. The third kappa shape index (κ3) is 4.70. The Morgan fingerprint density at radius 3 is 2.21 bits per heavy atom. The van der Waals surface area contributed by atoms with Crippen molar-refractivity contribution < 1.29 is 17.9 Å². The molecule has 0 fully saturated rings. The molecule has 0 unspecified atom stereocenters. The summed E-state index contributed by atoms with van der Waals surface area (Å²) in [5, 5.41) is -0.0620. The molecule has 146 valence electrons. The van der Waals surface area contributed by atoms with Crippen LogP contribution in [0.15, 0.2) is 71.6 Å². The van der Waals surface area contributed by atoms with E-state index in [1.54, 1.807) is 24.3 Å². The van der Waals surface area contributed by atoms with Crippen molar-refractivity contribution in [3.05, 3.63) is 82.3 Å². The summed E-state index contributed by atoms with van der Waals surface area (Å²) in [6.45, 7) is 0.422. The molecular formula is C20H17Cl2NO4S. The highest BCUT2D eigenvalue weighted by Crippen LogP contribution is 2.37. The van der Waals surface area contributed by atoms with Crippen LogP contribution in [0, 0.1) is 0 Å². The van der Waals surface area contributed by atoms with E-state index in [9.17, 15) is 8.42 Å². The standard InChI is InChI=1S/C20H17Cl2NO4S/c1-26-17-11-12-18(20(22)19(17)21)28(24,25)23-15-7-9-16(10-8-15)27-13-14-5-3-2-4-6-14/h2-12,23H,13H2,1H3. The molecule has 0 saturated heterocycles. The molecule has 3 rings (SSSR count). The molecule has 0 atom stereocenters. The Labute approximate surface area is 173 Å². The molecule has 0 spiro atoms. The maximum absolute atomic E-state index is 12.6. The number of nitrogens with one attached hydrogen (secondary N) is 1. The van der Waals surface area contributed by atoms with Crippen LogP contribution in [-0.4, -0.2) is 15.5 Å². The van der Waals surface area contributed by atoms with Gasteiger partial charge in [0.05, 0.1) is 12.1 Å². The van der Waals surface area contributed by atoms with Gasteiger partial charge in [0, 0.05) is 5.69 Å². The van der Waals surface area contributed by atoms with Crippen molar-refractivity contribution >= 4 is 38.9 Å². The van der Waals surface area contributed by atoms with Gasteiger partial charge in [-0.25, -0.2) is 8.42 Å². The summed E-state index contributed by atoms with van der Waals surface area (Å²) >= 11 is 12.1. The Hall–Kier alpha value is -2.41. The molecule has 3 aromatic carbocycles. The number of benzene rings is 3. The van der Waals surface area contributed by atoms with Crippen LogP contribution in [0.5, 0.6) is 11.5 Å². The van der Waals surface area contributed by atoms with Crippen LogP contribution in [0.3, 0.4) is 0 Å². The molecule has 0 heterocycles. The van der Waals surface area contributed by atoms with Crippen LogP contribution in [-0.2, 0) is 16.6 Å². The molecule has 8 heteroatoms. The molecule has 0 aliphatic heterocycles. The number of anilines is 1. The number of hydrogen-bond donors (Lipinski definition) is 1. The second-order valence-electron chi connectivity index (χ2n) is 5.80. The first kappa shape index (κ1) is 20.3. The zero-order chi connectivity index (χ0) is 20.1. The third-order valence-electron chi connectivity index (χ3n) is 3.88. The minimum Gasteiger partial charge on any atom is -0.495 e. The van der Waals surface area contributed by atoms with Crippen molar-refractivity contribution in [3.63, 3.8) is 0 Å². The van der Waals surface area contributed by atoms with Crippen molar-refractivity contribution in [1.82, 2.24) is 0 Å². The smallest absolute Gasteiger partial charge is 0.263 e. The first-order chi connectivity index (χ1) is 13.4. The number of hydrogen-bond acceptors (Lipinski definition) is 4. The predicted molar refractivity (Wildman–Crippen MR) is 111 cm³/mol. The molecule has 3 aromatic rings. The van der Waals surface area contributed by atoms with E-state index in [-0.39, 0.29) is 14.9 Å². The fourth-order valence-corrected chi connectivity index (χ4v) is 4.35. The molecule has 5 nitrogen and oxygen atoms in total. The van der Waals surface area contributed by atoms with Gasteiger partial charge in [0.1, 0.15) is 28.0 Å². The number of sulfonamides is 1. The average molecular weight is 438 g/mol. The Bertz CT molecular complexity index is 1060. The SMILES string of the molecule is COc1ccc(S(=O)(=O)Nc2ccc(OCc3ccccc3)cc2)c(Cl)c1Cl. The van der Waals surface area contributed by atoms with E-state index in [1.165, 1.54) is 19.2 Å². The molecule has 0 bridgehead atoms. The average Bonchev–Trinajstić information content (AvgIpc) is 2.70. The fourth-order valence-electron chi connectivity index (χ4n) is 2.45.